The lowest BCUT2D eigenvalue weighted by Gasteiger charge is -2.35. The van der Waals surface area contributed by atoms with Crippen molar-refractivity contribution in [2.24, 2.45) is 0 Å². The van der Waals surface area contributed by atoms with Crippen molar-refractivity contribution in [2.75, 3.05) is 17.4 Å². The van der Waals surface area contributed by atoms with E-state index in [9.17, 15) is 4.79 Å². The van der Waals surface area contributed by atoms with Gasteiger partial charge in [-0.2, -0.15) is 0 Å². The van der Waals surface area contributed by atoms with Crippen LogP contribution in [-0.4, -0.2) is 30.2 Å². The Morgan fingerprint density at radius 1 is 1.12 bits per heavy atom. The number of methoxy groups -OCH3 is 1. The first-order valence-corrected chi connectivity index (χ1v) is 8.14. The molecule has 1 N–H and O–H groups in total. The number of hydrazine groups is 1. The Bertz CT molecular complexity index is 688. The molecule has 0 saturated carbocycles. The van der Waals surface area contributed by atoms with Crippen LogP contribution in [0, 0.1) is 0 Å². The molecule has 126 valence electrons. The van der Waals surface area contributed by atoms with E-state index >= 15 is 0 Å². The zero-order valence-corrected chi connectivity index (χ0v) is 14.3. The summed E-state index contributed by atoms with van der Waals surface area (Å²) in [5.74, 6) is 0.837. The van der Waals surface area contributed by atoms with Crippen molar-refractivity contribution in [2.45, 2.75) is 32.5 Å². The normalized spacial score (nSPS) is 20.1. The molecule has 5 heteroatoms. The molecule has 2 aromatic rings. The Labute approximate surface area is 142 Å². The van der Waals surface area contributed by atoms with Crippen LogP contribution in [0.5, 0.6) is 5.75 Å². The fraction of sp³-hybridized carbons (Fsp3) is 0.316. The van der Waals surface area contributed by atoms with Crippen molar-refractivity contribution >= 4 is 17.3 Å². The number of amides is 1. The van der Waals surface area contributed by atoms with E-state index in [2.05, 4.69) is 17.2 Å². The number of rotatable bonds is 4. The number of ether oxygens (including phenoxy) is 1. The van der Waals surface area contributed by atoms with Crippen molar-refractivity contribution < 1.29 is 9.53 Å². The van der Waals surface area contributed by atoms with E-state index in [0.29, 0.717) is 0 Å². The summed E-state index contributed by atoms with van der Waals surface area (Å²) in [4.78, 5) is 12.3. The Balaban J connectivity index is 1.83. The van der Waals surface area contributed by atoms with Crippen LogP contribution in [0.1, 0.15) is 20.3 Å². The van der Waals surface area contributed by atoms with Crippen LogP contribution in [0.4, 0.5) is 11.4 Å². The van der Waals surface area contributed by atoms with Gasteiger partial charge in [0.05, 0.1) is 18.8 Å². The first kappa shape index (κ1) is 16.2. The summed E-state index contributed by atoms with van der Waals surface area (Å²) in [6.07, 6.45) is 0.770. The number of hydrogen-bond acceptors (Lipinski definition) is 4. The van der Waals surface area contributed by atoms with Crippen molar-refractivity contribution in [3.63, 3.8) is 0 Å². The van der Waals surface area contributed by atoms with E-state index < -0.39 is 0 Å². The van der Waals surface area contributed by atoms with E-state index in [-0.39, 0.29) is 18.1 Å². The third-order valence-electron chi connectivity index (χ3n) is 4.28. The van der Waals surface area contributed by atoms with Crippen LogP contribution >= 0.6 is 0 Å². The van der Waals surface area contributed by atoms with Gasteiger partial charge in [-0.05, 0) is 43.3 Å². The SMILES string of the molecule is COc1ccc(NC2CC(C)N(c3ccccc3)N2C(C)=O)cc1. The fourth-order valence-electron chi connectivity index (χ4n) is 3.22. The lowest BCUT2D eigenvalue weighted by atomic mass is 10.2. The second kappa shape index (κ2) is 6.83. The standard InChI is InChI=1S/C19H23N3O2/c1-14-13-19(20-16-9-11-18(24-3)12-10-16)22(15(2)23)21(14)17-7-5-4-6-8-17/h4-12,14,19-20H,13H2,1-3H3. The van der Waals surface area contributed by atoms with Gasteiger partial charge >= 0.3 is 0 Å². The number of carbonyl (C=O) groups excluding carboxylic acids is 1. The summed E-state index contributed by atoms with van der Waals surface area (Å²) in [6.45, 7) is 3.75. The van der Waals surface area contributed by atoms with Crippen LogP contribution in [0.2, 0.25) is 0 Å². The van der Waals surface area contributed by atoms with E-state index in [4.69, 9.17) is 4.74 Å². The minimum Gasteiger partial charge on any atom is -0.497 e. The molecule has 1 fully saturated rings. The predicted octanol–water partition coefficient (Wildman–Crippen LogP) is 3.50. The zero-order chi connectivity index (χ0) is 17.1. The Morgan fingerprint density at radius 2 is 1.79 bits per heavy atom. The van der Waals surface area contributed by atoms with Crippen molar-refractivity contribution in [3.05, 3.63) is 54.6 Å². The van der Waals surface area contributed by atoms with Gasteiger partial charge in [0.2, 0.25) is 5.91 Å². The number of carbonyl (C=O) groups is 1. The van der Waals surface area contributed by atoms with Gasteiger partial charge in [0, 0.05) is 19.0 Å². The molecule has 2 unspecified atom stereocenters. The smallest absolute Gasteiger partial charge is 0.239 e. The Hall–Kier alpha value is -2.69. The van der Waals surface area contributed by atoms with Crippen LogP contribution < -0.4 is 15.1 Å². The largest absolute Gasteiger partial charge is 0.497 e. The van der Waals surface area contributed by atoms with Gasteiger partial charge in [-0.3, -0.25) is 9.80 Å². The van der Waals surface area contributed by atoms with Crippen LogP contribution in [-0.2, 0) is 4.79 Å². The maximum Gasteiger partial charge on any atom is 0.239 e. The molecule has 5 nitrogen and oxygen atoms in total. The molecule has 3 rings (SSSR count). The summed E-state index contributed by atoms with van der Waals surface area (Å²) in [5, 5.41) is 7.34. The topological polar surface area (TPSA) is 44.8 Å². The van der Waals surface area contributed by atoms with Gasteiger partial charge in [0.15, 0.2) is 0 Å². The zero-order valence-electron chi connectivity index (χ0n) is 14.3. The van der Waals surface area contributed by atoms with Gasteiger partial charge in [0.25, 0.3) is 0 Å². The molecule has 1 heterocycles. The highest BCUT2D eigenvalue weighted by Gasteiger charge is 2.39. The van der Waals surface area contributed by atoms with E-state index in [1.54, 1.807) is 14.0 Å². The first-order valence-electron chi connectivity index (χ1n) is 8.14. The lowest BCUT2D eigenvalue weighted by molar-refractivity contribution is -0.129. The summed E-state index contributed by atoms with van der Waals surface area (Å²) < 4.78 is 5.19. The molecule has 1 aliphatic heterocycles. The molecular weight excluding hydrogens is 302 g/mol. The summed E-state index contributed by atoms with van der Waals surface area (Å²) >= 11 is 0. The third-order valence-corrected chi connectivity index (χ3v) is 4.28. The summed E-state index contributed by atoms with van der Waals surface area (Å²) in [6, 6.07) is 18.0. The molecule has 0 radical (unpaired) electrons. The van der Waals surface area contributed by atoms with Gasteiger partial charge < -0.3 is 10.1 Å². The van der Waals surface area contributed by atoms with Crippen molar-refractivity contribution in [3.8, 4) is 5.75 Å². The Morgan fingerprint density at radius 3 is 2.38 bits per heavy atom. The number of anilines is 2. The quantitative estimate of drug-likeness (QED) is 0.934. The molecule has 1 aliphatic rings. The third kappa shape index (κ3) is 3.15. The minimum atomic E-state index is -0.0777. The molecule has 1 amide bonds. The predicted molar refractivity (Wildman–Crippen MR) is 95.9 cm³/mol. The van der Waals surface area contributed by atoms with Crippen LogP contribution in [0.25, 0.3) is 0 Å². The average molecular weight is 325 g/mol. The van der Waals surface area contributed by atoms with Crippen molar-refractivity contribution in [1.82, 2.24) is 5.01 Å². The minimum absolute atomic E-state index is 0.0224. The van der Waals surface area contributed by atoms with E-state index in [1.165, 1.54) is 0 Å². The maximum atomic E-state index is 12.3. The molecule has 0 aliphatic carbocycles. The number of hydrogen-bond donors (Lipinski definition) is 1. The molecular formula is C19H23N3O2. The summed E-state index contributed by atoms with van der Waals surface area (Å²) in [5.41, 5.74) is 1.99. The maximum absolute atomic E-state index is 12.3. The highest BCUT2D eigenvalue weighted by Crippen LogP contribution is 2.31. The van der Waals surface area contributed by atoms with Gasteiger partial charge in [0.1, 0.15) is 11.9 Å². The van der Waals surface area contributed by atoms with Crippen molar-refractivity contribution in [1.29, 1.82) is 0 Å². The number of nitrogens with zero attached hydrogens (tertiary/aromatic N) is 2. The number of para-hydroxylation sites is 1. The second-order valence-corrected chi connectivity index (χ2v) is 6.02. The molecule has 1 saturated heterocycles. The van der Waals surface area contributed by atoms with Gasteiger partial charge in [-0.1, -0.05) is 18.2 Å². The van der Waals surface area contributed by atoms with Crippen LogP contribution in [0.3, 0.4) is 0 Å². The molecule has 0 bridgehead atoms. The molecule has 0 spiro atoms. The number of benzene rings is 2. The Kier molecular flexibility index (Phi) is 4.60. The number of nitrogens with one attached hydrogen (secondary N) is 1. The monoisotopic (exact) mass is 325 g/mol. The molecule has 24 heavy (non-hydrogen) atoms. The first-order chi connectivity index (χ1) is 11.6. The molecule has 0 aromatic heterocycles. The summed E-state index contributed by atoms with van der Waals surface area (Å²) in [7, 11) is 1.65. The van der Waals surface area contributed by atoms with E-state index in [1.807, 2.05) is 59.6 Å². The highest BCUT2D eigenvalue weighted by molar-refractivity contribution is 5.77. The lowest BCUT2D eigenvalue weighted by Crippen LogP contribution is -2.48. The van der Waals surface area contributed by atoms with Crippen LogP contribution in [0.15, 0.2) is 54.6 Å². The average Bonchev–Trinajstić information content (AvgIpc) is 2.92. The fourth-order valence-corrected chi connectivity index (χ4v) is 3.22. The molecule has 2 aromatic carbocycles. The van der Waals surface area contributed by atoms with E-state index in [0.717, 1.165) is 23.5 Å². The molecule has 2 atom stereocenters. The second-order valence-electron chi connectivity index (χ2n) is 6.02. The highest BCUT2D eigenvalue weighted by atomic mass is 16.5. The van der Waals surface area contributed by atoms with Gasteiger partial charge in [-0.15, -0.1) is 0 Å². The van der Waals surface area contributed by atoms with Gasteiger partial charge in [-0.25, -0.2) is 5.01 Å².